The quantitative estimate of drug-likeness (QED) is 0.324. The molecule has 1 aromatic heterocycles. The number of amides is 1. The van der Waals surface area contributed by atoms with Crippen molar-refractivity contribution in [2.24, 2.45) is 0 Å². The topological polar surface area (TPSA) is 76.4 Å². The van der Waals surface area contributed by atoms with E-state index in [1.165, 1.54) is 0 Å². The number of nitrogens with one attached hydrogen (secondary N) is 2. The average molecular weight is 510 g/mol. The lowest BCUT2D eigenvalue weighted by Gasteiger charge is -2.11. The van der Waals surface area contributed by atoms with Crippen molar-refractivity contribution in [2.45, 2.75) is 13.3 Å². The number of thiocarbonyl (C=S) groups is 1. The van der Waals surface area contributed by atoms with E-state index in [1.807, 2.05) is 55.5 Å². The van der Waals surface area contributed by atoms with Gasteiger partial charge in [-0.05, 0) is 83.1 Å². The molecule has 4 aromatic rings. The molecule has 0 unspecified atom stereocenters. The van der Waals surface area contributed by atoms with E-state index in [9.17, 15) is 4.79 Å². The fraction of sp³-hybridized carbons (Fsp3) is 0.125. The summed E-state index contributed by atoms with van der Waals surface area (Å²) in [5, 5.41) is 5.93. The van der Waals surface area contributed by atoms with Crippen molar-refractivity contribution in [3.63, 3.8) is 0 Å². The molecule has 0 aliphatic carbocycles. The second kappa shape index (κ2) is 9.93. The molecule has 0 atom stereocenters. The van der Waals surface area contributed by atoms with Crippen molar-refractivity contribution in [2.75, 3.05) is 11.9 Å². The molecule has 0 fully saturated rings. The molecular formula is C24H20BrN3O3S. The third-order valence-corrected chi connectivity index (χ3v) is 5.45. The summed E-state index contributed by atoms with van der Waals surface area (Å²) < 4.78 is 12.0. The predicted molar refractivity (Wildman–Crippen MR) is 132 cm³/mol. The Morgan fingerprint density at radius 1 is 1.12 bits per heavy atom. The Morgan fingerprint density at radius 2 is 1.91 bits per heavy atom. The molecule has 6 nitrogen and oxygen atoms in total. The maximum Gasteiger partial charge on any atom is 0.257 e. The number of halogens is 1. The van der Waals surface area contributed by atoms with Gasteiger partial charge in [-0.1, -0.05) is 24.3 Å². The van der Waals surface area contributed by atoms with Crippen molar-refractivity contribution >= 4 is 56.0 Å². The van der Waals surface area contributed by atoms with E-state index in [1.54, 1.807) is 18.2 Å². The smallest absolute Gasteiger partial charge is 0.257 e. The Labute approximate surface area is 199 Å². The third-order valence-electron chi connectivity index (χ3n) is 4.63. The molecule has 1 amide bonds. The molecule has 4 rings (SSSR count). The van der Waals surface area contributed by atoms with Crippen LogP contribution in [0.2, 0.25) is 0 Å². The highest BCUT2D eigenvalue weighted by Gasteiger charge is 2.11. The summed E-state index contributed by atoms with van der Waals surface area (Å²) in [5.41, 5.74) is 3.92. The lowest BCUT2D eigenvalue weighted by Crippen LogP contribution is -2.34. The first-order valence-electron chi connectivity index (χ1n) is 10.00. The molecule has 8 heteroatoms. The van der Waals surface area contributed by atoms with Gasteiger partial charge < -0.3 is 14.5 Å². The SMILES string of the molecule is CCOc1ccc(C(=O)NC(=S)Nc2ccc(Cc3nc4ccccc4o3)cc2)cc1Br. The minimum atomic E-state index is -0.307. The number of rotatable bonds is 6. The number of oxazole rings is 1. The van der Waals surface area contributed by atoms with E-state index in [0.29, 0.717) is 34.7 Å². The molecule has 1 heterocycles. The zero-order chi connectivity index (χ0) is 22.5. The lowest BCUT2D eigenvalue weighted by atomic mass is 10.1. The fourth-order valence-corrected chi connectivity index (χ4v) is 3.83. The number of para-hydroxylation sites is 2. The maximum atomic E-state index is 12.5. The summed E-state index contributed by atoms with van der Waals surface area (Å²) in [4.78, 5) is 17.0. The van der Waals surface area contributed by atoms with Gasteiger partial charge in [0.15, 0.2) is 16.6 Å². The van der Waals surface area contributed by atoms with Crippen LogP contribution in [0.1, 0.15) is 28.7 Å². The minimum absolute atomic E-state index is 0.215. The highest BCUT2D eigenvalue weighted by Crippen LogP contribution is 2.26. The van der Waals surface area contributed by atoms with Crippen molar-refractivity contribution in [1.29, 1.82) is 0 Å². The standard InChI is InChI=1S/C24H20BrN3O3S/c1-2-30-20-12-9-16(14-18(20)25)23(29)28-24(32)26-17-10-7-15(8-11-17)13-22-27-19-5-3-4-6-21(19)31-22/h3-12,14H,2,13H2,1H3,(H2,26,28,29,32). The first-order valence-corrected chi connectivity index (χ1v) is 11.2. The van der Waals surface area contributed by atoms with Gasteiger partial charge in [0.1, 0.15) is 11.3 Å². The van der Waals surface area contributed by atoms with Gasteiger partial charge in [-0.15, -0.1) is 0 Å². The van der Waals surface area contributed by atoms with Crippen LogP contribution in [0.25, 0.3) is 11.1 Å². The second-order valence-corrected chi connectivity index (χ2v) is 8.20. The van der Waals surface area contributed by atoms with Gasteiger partial charge >= 0.3 is 0 Å². The molecular weight excluding hydrogens is 490 g/mol. The molecule has 0 saturated heterocycles. The zero-order valence-electron chi connectivity index (χ0n) is 17.2. The molecule has 2 N–H and O–H groups in total. The van der Waals surface area contributed by atoms with Crippen LogP contribution in [0, 0.1) is 0 Å². The number of nitrogens with zero attached hydrogens (tertiary/aromatic N) is 1. The molecule has 3 aromatic carbocycles. The lowest BCUT2D eigenvalue weighted by molar-refractivity contribution is 0.0977. The van der Waals surface area contributed by atoms with Crippen molar-refractivity contribution in [3.05, 3.63) is 88.2 Å². The number of ether oxygens (including phenoxy) is 1. The molecule has 0 aliphatic rings. The molecule has 32 heavy (non-hydrogen) atoms. The first-order chi connectivity index (χ1) is 15.5. The van der Waals surface area contributed by atoms with E-state index in [0.717, 1.165) is 22.4 Å². The predicted octanol–water partition coefficient (Wildman–Crippen LogP) is 5.71. The number of hydrogen-bond donors (Lipinski definition) is 2. The van der Waals surface area contributed by atoms with Crippen molar-refractivity contribution in [1.82, 2.24) is 10.3 Å². The maximum absolute atomic E-state index is 12.5. The first kappa shape index (κ1) is 22.0. The molecule has 0 bridgehead atoms. The van der Waals surface area contributed by atoms with Crippen LogP contribution in [-0.2, 0) is 6.42 Å². The number of carbonyl (C=O) groups excluding carboxylic acids is 1. The summed E-state index contributed by atoms with van der Waals surface area (Å²) in [6, 6.07) is 20.5. The monoisotopic (exact) mass is 509 g/mol. The molecule has 0 aliphatic heterocycles. The van der Waals surface area contributed by atoms with E-state index in [2.05, 4.69) is 31.5 Å². The summed E-state index contributed by atoms with van der Waals surface area (Å²) in [6.45, 7) is 2.45. The van der Waals surface area contributed by atoms with E-state index in [4.69, 9.17) is 21.4 Å². The van der Waals surface area contributed by atoms with Crippen LogP contribution in [0.3, 0.4) is 0 Å². The zero-order valence-corrected chi connectivity index (χ0v) is 19.6. The fourth-order valence-electron chi connectivity index (χ4n) is 3.13. The Bertz CT molecular complexity index is 1240. The van der Waals surface area contributed by atoms with Gasteiger partial charge in [0.2, 0.25) is 0 Å². The van der Waals surface area contributed by atoms with Crippen LogP contribution in [0.4, 0.5) is 5.69 Å². The summed E-state index contributed by atoms with van der Waals surface area (Å²) >= 11 is 8.69. The van der Waals surface area contributed by atoms with Crippen LogP contribution in [-0.4, -0.2) is 22.6 Å². The number of benzene rings is 3. The average Bonchev–Trinajstić information content (AvgIpc) is 3.19. The van der Waals surface area contributed by atoms with Crippen LogP contribution in [0.5, 0.6) is 5.75 Å². The third kappa shape index (κ3) is 5.33. The molecule has 162 valence electrons. The largest absolute Gasteiger partial charge is 0.493 e. The van der Waals surface area contributed by atoms with E-state index < -0.39 is 0 Å². The van der Waals surface area contributed by atoms with Crippen molar-refractivity contribution < 1.29 is 13.9 Å². The number of anilines is 1. The minimum Gasteiger partial charge on any atom is -0.493 e. The van der Waals surface area contributed by atoms with Gasteiger partial charge in [0, 0.05) is 17.7 Å². The summed E-state index contributed by atoms with van der Waals surface area (Å²) in [5.74, 6) is 1.04. The molecule has 0 saturated carbocycles. The highest BCUT2D eigenvalue weighted by atomic mass is 79.9. The summed E-state index contributed by atoms with van der Waals surface area (Å²) in [6.07, 6.45) is 0.586. The van der Waals surface area contributed by atoms with Crippen LogP contribution in [0.15, 0.2) is 75.6 Å². The van der Waals surface area contributed by atoms with Crippen molar-refractivity contribution in [3.8, 4) is 5.75 Å². The van der Waals surface area contributed by atoms with Gasteiger partial charge in [-0.25, -0.2) is 4.98 Å². The number of aromatic nitrogens is 1. The van der Waals surface area contributed by atoms with Gasteiger partial charge in [0.05, 0.1) is 11.1 Å². The van der Waals surface area contributed by atoms with Gasteiger partial charge in [-0.3, -0.25) is 10.1 Å². The number of hydrogen-bond acceptors (Lipinski definition) is 5. The molecule has 0 radical (unpaired) electrons. The Balaban J connectivity index is 1.34. The van der Waals surface area contributed by atoms with Crippen LogP contribution >= 0.6 is 28.1 Å². The van der Waals surface area contributed by atoms with E-state index >= 15 is 0 Å². The Hall–Kier alpha value is -3.23. The Morgan fingerprint density at radius 3 is 2.62 bits per heavy atom. The van der Waals surface area contributed by atoms with Crippen LogP contribution < -0.4 is 15.4 Å². The second-order valence-electron chi connectivity index (χ2n) is 6.94. The number of fused-ring (bicyclic) bond motifs is 1. The summed E-state index contributed by atoms with van der Waals surface area (Å²) in [7, 11) is 0. The van der Waals surface area contributed by atoms with Gasteiger partial charge in [-0.2, -0.15) is 0 Å². The molecule has 0 spiro atoms. The normalized spacial score (nSPS) is 10.7. The number of carbonyl (C=O) groups is 1. The Kier molecular flexibility index (Phi) is 6.82. The van der Waals surface area contributed by atoms with Gasteiger partial charge in [0.25, 0.3) is 5.91 Å². The highest BCUT2D eigenvalue weighted by molar-refractivity contribution is 9.10. The van der Waals surface area contributed by atoms with E-state index in [-0.39, 0.29) is 11.0 Å².